The van der Waals surface area contributed by atoms with Gasteiger partial charge >= 0.3 is 0 Å². The van der Waals surface area contributed by atoms with Crippen molar-refractivity contribution in [2.24, 2.45) is 0 Å². The largest absolute Gasteiger partial charge is 0.371 e. The summed E-state index contributed by atoms with van der Waals surface area (Å²) >= 11 is 0. The van der Waals surface area contributed by atoms with Gasteiger partial charge < -0.3 is 20.1 Å². The maximum Gasteiger partial charge on any atom is 0.246 e. The van der Waals surface area contributed by atoms with E-state index in [1.165, 1.54) is 12.8 Å². The van der Waals surface area contributed by atoms with Crippen molar-refractivity contribution in [2.75, 3.05) is 23.3 Å². The van der Waals surface area contributed by atoms with Crippen LogP contribution in [0.1, 0.15) is 57.2 Å². The summed E-state index contributed by atoms with van der Waals surface area (Å²) in [4.78, 5) is 31.6. The number of amides is 2. The van der Waals surface area contributed by atoms with E-state index in [9.17, 15) is 9.59 Å². The lowest BCUT2D eigenvalue weighted by atomic mass is 10.1. The first-order chi connectivity index (χ1) is 14.5. The second kappa shape index (κ2) is 10.8. The van der Waals surface area contributed by atoms with Crippen molar-refractivity contribution in [1.29, 1.82) is 0 Å². The SMILES string of the molecule is CCCC(NC(=O)CCCc1nc(C)no1)C(=O)Nc1cccc(N2CCCC2)c1. The van der Waals surface area contributed by atoms with E-state index in [0.717, 1.165) is 30.9 Å². The van der Waals surface area contributed by atoms with Crippen LogP contribution in [0.15, 0.2) is 28.8 Å². The Labute approximate surface area is 177 Å². The molecule has 3 rings (SSSR count). The predicted molar refractivity (Wildman–Crippen MR) is 115 cm³/mol. The minimum absolute atomic E-state index is 0.148. The van der Waals surface area contributed by atoms with Crippen LogP contribution in [0.25, 0.3) is 0 Å². The van der Waals surface area contributed by atoms with Gasteiger partial charge in [0.2, 0.25) is 17.7 Å². The molecule has 0 radical (unpaired) electrons. The summed E-state index contributed by atoms with van der Waals surface area (Å²) in [6.07, 6.45) is 5.23. The molecule has 0 aliphatic carbocycles. The minimum atomic E-state index is -0.552. The maximum atomic E-state index is 12.8. The van der Waals surface area contributed by atoms with Crippen molar-refractivity contribution >= 4 is 23.2 Å². The summed E-state index contributed by atoms with van der Waals surface area (Å²) < 4.78 is 5.06. The van der Waals surface area contributed by atoms with Crippen LogP contribution in [0, 0.1) is 6.92 Å². The molecule has 2 amide bonds. The predicted octanol–water partition coefficient (Wildman–Crippen LogP) is 3.22. The van der Waals surface area contributed by atoms with Crippen molar-refractivity contribution in [3.05, 3.63) is 36.0 Å². The third kappa shape index (κ3) is 6.30. The molecule has 2 N–H and O–H groups in total. The molecule has 2 aromatic rings. The normalized spacial score (nSPS) is 14.5. The van der Waals surface area contributed by atoms with Crippen LogP contribution in [-0.4, -0.2) is 41.1 Å². The van der Waals surface area contributed by atoms with Gasteiger partial charge in [-0.25, -0.2) is 0 Å². The summed E-state index contributed by atoms with van der Waals surface area (Å²) in [6, 6.07) is 7.35. The van der Waals surface area contributed by atoms with E-state index in [2.05, 4.69) is 31.7 Å². The molecule has 1 fully saturated rings. The zero-order valence-electron chi connectivity index (χ0n) is 17.8. The van der Waals surface area contributed by atoms with Gasteiger partial charge in [0.25, 0.3) is 0 Å². The van der Waals surface area contributed by atoms with Gasteiger partial charge in [-0.1, -0.05) is 24.6 Å². The first-order valence-corrected chi connectivity index (χ1v) is 10.8. The number of hydrogen-bond acceptors (Lipinski definition) is 6. The Balaban J connectivity index is 1.51. The zero-order chi connectivity index (χ0) is 21.3. The average Bonchev–Trinajstić information content (AvgIpc) is 3.40. The second-order valence-corrected chi connectivity index (χ2v) is 7.73. The summed E-state index contributed by atoms with van der Waals surface area (Å²) in [5, 5.41) is 9.58. The van der Waals surface area contributed by atoms with E-state index in [0.29, 0.717) is 37.4 Å². The number of anilines is 2. The lowest BCUT2D eigenvalue weighted by Gasteiger charge is -2.20. The average molecular weight is 414 g/mol. The van der Waals surface area contributed by atoms with Crippen molar-refractivity contribution in [3.8, 4) is 0 Å². The Kier molecular flexibility index (Phi) is 7.82. The molecule has 1 aromatic carbocycles. The molecular formula is C22H31N5O3. The molecule has 30 heavy (non-hydrogen) atoms. The highest BCUT2D eigenvalue weighted by molar-refractivity contribution is 5.97. The third-order valence-corrected chi connectivity index (χ3v) is 5.18. The molecule has 0 saturated carbocycles. The summed E-state index contributed by atoms with van der Waals surface area (Å²) in [6.45, 7) is 5.86. The molecule has 1 aliphatic heterocycles. The standard InChI is InChI=1S/C22H31N5O3/c1-3-8-19(25-20(28)11-7-12-21-23-16(2)26-30-21)22(29)24-17-9-6-10-18(15-17)27-13-4-5-14-27/h6,9-10,15,19H,3-5,7-8,11-14H2,1-2H3,(H,24,29)(H,25,28). The molecule has 2 heterocycles. The molecule has 8 nitrogen and oxygen atoms in total. The van der Waals surface area contributed by atoms with Gasteiger partial charge in [0.05, 0.1) is 0 Å². The summed E-state index contributed by atoms with van der Waals surface area (Å²) in [5.74, 6) is 0.783. The van der Waals surface area contributed by atoms with E-state index in [1.54, 1.807) is 6.92 Å². The van der Waals surface area contributed by atoms with Crippen molar-refractivity contribution in [3.63, 3.8) is 0 Å². The highest BCUT2D eigenvalue weighted by atomic mass is 16.5. The molecule has 1 unspecified atom stereocenters. The van der Waals surface area contributed by atoms with Crippen LogP contribution < -0.4 is 15.5 Å². The quantitative estimate of drug-likeness (QED) is 0.620. The first kappa shape index (κ1) is 21.8. The van der Waals surface area contributed by atoms with E-state index in [-0.39, 0.29) is 11.8 Å². The van der Waals surface area contributed by atoms with E-state index in [1.807, 2.05) is 25.1 Å². The topological polar surface area (TPSA) is 100 Å². The highest BCUT2D eigenvalue weighted by Crippen LogP contribution is 2.23. The lowest BCUT2D eigenvalue weighted by molar-refractivity contribution is -0.126. The smallest absolute Gasteiger partial charge is 0.246 e. The van der Waals surface area contributed by atoms with Gasteiger partial charge in [-0.15, -0.1) is 0 Å². The molecule has 162 valence electrons. The molecule has 1 atom stereocenters. The number of aryl methyl sites for hydroxylation is 2. The van der Waals surface area contributed by atoms with Crippen LogP contribution >= 0.6 is 0 Å². The fourth-order valence-electron chi connectivity index (χ4n) is 3.65. The Hall–Kier alpha value is -2.90. The number of carbonyl (C=O) groups is 2. The Morgan fingerprint density at radius 1 is 1.27 bits per heavy atom. The summed E-state index contributed by atoms with van der Waals surface area (Å²) in [5.41, 5.74) is 1.88. The number of nitrogens with zero attached hydrogens (tertiary/aromatic N) is 3. The molecule has 1 aliphatic rings. The first-order valence-electron chi connectivity index (χ1n) is 10.8. The van der Waals surface area contributed by atoms with Gasteiger partial charge in [-0.3, -0.25) is 9.59 Å². The van der Waals surface area contributed by atoms with Crippen molar-refractivity contribution < 1.29 is 14.1 Å². The van der Waals surface area contributed by atoms with E-state index in [4.69, 9.17) is 4.52 Å². The maximum absolute atomic E-state index is 12.8. The van der Waals surface area contributed by atoms with Crippen LogP contribution in [0.4, 0.5) is 11.4 Å². The number of benzene rings is 1. The molecule has 1 aromatic heterocycles. The fraction of sp³-hybridized carbons (Fsp3) is 0.545. The highest BCUT2D eigenvalue weighted by Gasteiger charge is 2.21. The second-order valence-electron chi connectivity index (χ2n) is 7.73. The van der Waals surface area contributed by atoms with Gasteiger partial charge in [-0.2, -0.15) is 4.98 Å². The van der Waals surface area contributed by atoms with Crippen molar-refractivity contribution in [2.45, 2.75) is 64.8 Å². The van der Waals surface area contributed by atoms with Gasteiger partial charge in [0.1, 0.15) is 6.04 Å². The molecule has 1 saturated heterocycles. The van der Waals surface area contributed by atoms with Crippen LogP contribution in [0.5, 0.6) is 0 Å². The Bertz CT molecular complexity index is 845. The fourth-order valence-corrected chi connectivity index (χ4v) is 3.65. The lowest BCUT2D eigenvalue weighted by Crippen LogP contribution is -2.43. The number of rotatable bonds is 10. The Morgan fingerprint density at radius 2 is 2.07 bits per heavy atom. The Morgan fingerprint density at radius 3 is 2.77 bits per heavy atom. The molecule has 8 heteroatoms. The monoisotopic (exact) mass is 413 g/mol. The van der Waals surface area contributed by atoms with Crippen molar-refractivity contribution in [1.82, 2.24) is 15.5 Å². The summed E-state index contributed by atoms with van der Waals surface area (Å²) in [7, 11) is 0. The van der Waals surface area contributed by atoms with Crippen LogP contribution in [-0.2, 0) is 16.0 Å². The van der Waals surface area contributed by atoms with Crippen LogP contribution in [0.3, 0.4) is 0 Å². The van der Waals surface area contributed by atoms with Gasteiger partial charge in [0.15, 0.2) is 5.82 Å². The number of hydrogen-bond donors (Lipinski definition) is 2. The minimum Gasteiger partial charge on any atom is -0.371 e. The number of carbonyl (C=O) groups excluding carboxylic acids is 2. The number of nitrogens with one attached hydrogen (secondary N) is 2. The van der Waals surface area contributed by atoms with E-state index >= 15 is 0 Å². The zero-order valence-corrected chi connectivity index (χ0v) is 17.8. The van der Waals surface area contributed by atoms with Gasteiger partial charge in [-0.05, 0) is 50.8 Å². The van der Waals surface area contributed by atoms with Crippen LogP contribution in [0.2, 0.25) is 0 Å². The van der Waals surface area contributed by atoms with E-state index < -0.39 is 6.04 Å². The molecular weight excluding hydrogens is 382 g/mol. The third-order valence-electron chi connectivity index (χ3n) is 5.18. The molecule has 0 spiro atoms. The molecule has 0 bridgehead atoms. The number of aromatic nitrogens is 2. The van der Waals surface area contributed by atoms with Gasteiger partial charge in [0, 0.05) is 37.3 Å².